The second kappa shape index (κ2) is 39.2. The van der Waals surface area contributed by atoms with E-state index in [1.807, 2.05) is 0 Å². The summed E-state index contributed by atoms with van der Waals surface area (Å²) in [6.07, 6.45) is 30.1. The molecule has 1 saturated heterocycles. The predicted octanol–water partition coefficient (Wildman–Crippen LogP) is 7.58. The molecule has 1 aliphatic rings. The number of allylic oxidation sites excluding steroid dienone is 12. The van der Waals surface area contributed by atoms with E-state index in [1.165, 1.54) is 31.4 Å². The lowest BCUT2D eigenvalue weighted by Gasteiger charge is -2.21. The maximum atomic E-state index is 12.9. The molecule has 0 spiro atoms. The van der Waals surface area contributed by atoms with Crippen LogP contribution in [0.5, 0.6) is 0 Å². The number of hydrogen-bond acceptors (Lipinski definition) is 18. The number of phosphoric ester groups is 2. The van der Waals surface area contributed by atoms with Crippen molar-refractivity contribution in [3.63, 3.8) is 0 Å². The minimum absolute atomic E-state index is 0.00350. The van der Waals surface area contributed by atoms with Gasteiger partial charge in [-0.2, -0.15) is 9.29 Å². The van der Waals surface area contributed by atoms with E-state index in [0.29, 0.717) is 19.3 Å². The van der Waals surface area contributed by atoms with Crippen molar-refractivity contribution in [3.05, 3.63) is 108 Å². The number of aromatic nitrogens is 2. The highest BCUT2D eigenvalue weighted by Crippen LogP contribution is 2.60. The Morgan fingerprint density at radius 1 is 0.733 bits per heavy atom. The number of carbonyl (C=O) groups is 2. The number of nitrogen functional groups attached to an aromatic ring is 1. The van der Waals surface area contributed by atoms with Crippen LogP contribution in [0.2, 0.25) is 0 Å². The zero-order valence-electron chi connectivity index (χ0n) is 43.4. The van der Waals surface area contributed by atoms with Crippen molar-refractivity contribution in [2.24, 2.45) is 0 Å². The number of anilines is 1. The van der Waals surface area contributed by atoms with Gasteiger partial charge in [0.25, 0.3) is 0 Å². The van der Waals surface area contributed by atoms with Crippen LogP contribution < -0.4 is 11.4 Å². The number of nitrogens with zero attached hydrogens (tertiary/aromatic N) is 2. The van der Waals surface area contributed by atoms with Gasteiger partial charge in [-0.05, 0) is 70.3 Å². The van der Waals surface area contributed by atoms with Crippen molar-refractivity contribution in [1.29, 1.82) is 0 Å². The molecule has 9 N–H and O–H groups in total. The topological polar surface area (TPSA) is 326 Å². The number of hydrogen-bond donors (Lipinski definition) is 8. The molecule has 21 nitrogen and oxygen atoms in total. The van der Waals surface area contributed by atoms with E-state index in [0.717, 1.165) is 68.6 Å². The zero-order chi connectivity index (χ0) is 55.3. The van der Waals surface area contributed by atoms with Gasteiger partial charge in [0.2, 0.25) is 0 Å². The molecule has 23 heteroatoms. The summed E-state index contributed by atoms with van der Waals surface area (Å²) < 4.78 is 56.5. The lowest BCUT2D eigenvalue weighted by atomic mass is 10.1. The van der Waals surface area contributed by atoms with Gasteiger partial charge in [0.15, 0.2) is 12.3 Å². The first kappa shape index (κ1) is 66.9. The smallest absolute Gasteiger partial charge is 0.462 e. The van der Waals surface area contributed by atoms with Crippen molar-refractivity contribution in [2.45, 2.75) is 185 Å². The van der Waals surface area contributed by atoms with Crippen LogP contribution in [0.25, 0.3) is 0 Å². The Labute approximate surface area is 441 Å². The van der Waals surface area contributed by atoms with Crippen molar-refractivity contribution >= 4 is 33.4 Å². The number of rotatable bonds is 41. The van der Waals surface area contributed by atoms with E-state index < -0.39 is 102 Å². The molecule has 10 atom stereocenters. The quantitative estimate of drug-likeness (QED) is 0.0103. The van der Waals surface area contributed by atoms with Crippen LogP contribution in [0.3, 0.4) is 0 Å². The van der Waals surface area contributed by atoms with Gasteiger partial charge in [-0.1, -0.05) is 144 Å². The Morgan fingerprint density at radius 2 is 1.32 bits per heavy atom. The van der Waals surface area contributed by atoms with Crippen LogP contribution in [-0.4, -0.2) is 119 Å². The van der Waals surface area contributed by atoms with Crippen molar-refractivity contribution in [3.8, 4) is 0 Å². The number of phosphoric acid groups is 2. The molecule has 0 bridgehead atoms. The molecule has 2 rings (SSSR count). The van der Waals surface area contributed by atoms with Crippen LogP contribution >= 0.6 is 15.6 Å². The molecule has 75 heavy (non-hydrogen) atoms. The first-order valence-electron chi connectivity index (χ1n) is 25.9. The van der Waals surface area contributed by atoms with Gasteiger partial charge in [0.1, 0.15) is 30.7 Å². The fraction of sp³-hybridized carbons (Fsp3) is 0.615. The third kappa shape index (κ3) is 31.6. The van der Waals surface area contributed by atoms with Crippen LogP contribution in [0.1, 0.15) is 142 Å². The molecule has 1 aromatic heterocycles. The highest BCUT2D eigenvalue weighted by Gasteiger charge is 2.46. The molecule has 424 valence electrons. The molecular formula is C52H83N3O18P2. The standard InChI is InChI=1S/C52H83N3O18P2/c1-3-5-7-8-9-10-11-12-13-14-15-16-17-18-19-24-28-34-48(60)71-42(38-68-47(59)35-29-33-44(58)43(57)32-27-23-21-20-22-26-31-41(56)30-25-6-4-2)39-69-74(64,65)73-75(66,67)70-40-45-49(61)50(62)51(72-45)55-37-36-46(53)54-52(55)63/h9-10,12-13,15-16,20-23,26-27,31-32,36-37,41-45,49-51,56-58,61-62H,3-8,11,14,17-19,24-25,28-30,33-35,38-40H2,1-2H3,(H,64,65)(H,66,67)(H2,53,54,63)/b10-9-,13-12-,16-15-,22-20-,23-21+,31-26+,32-27+/t41-,42-,43-,44-,45-,49-,50-,51-/m1/s1. The van der Waals surface area contributed by atoms with Crippen LogP contribution in [0.4, 0.5) is 5.82 Å². The first-order chi connectivity index (χ1) is 35.9. The van der Waals surface area contributed by atoms with E-state index in [1.54, 1.807) is 42.5 Å². The lowest BCUT2D eigenvalue weighted by Crippen LogP contribution is -2.36. The maximum Gasteiger partial charge on any atom is 0.481 e. The summed E-state index contributed by atoms with van der Waals surface area (Å²) in [5, 5.41) is 51.6. The average Bonchev–Trinajstić information content (AvgIpc) is 3.64. The van der Waals surface area contributed by atoms with Gasteiger partial charge in [0.05, 0.1) is 31.5 Å². The SMILES string of the molecule is CCCCC/C=C\C/C=C\C/C=C\CCCCCCC(=O)O[C@H](COC(=O)CCC[C@@H](O)[C@H](O)/C=C/C=C/C=C\C=C\[C@H](O)CCCCC)COP(=O)(O)OP(=O)(O)OC[C@H]1O[C@@H](n2ccc(N)nc2=O)[C@H](O)[C@@H]1O. The molecule has 2 unspecified atom stereocenters. The molecule has 0 aliphatic carbocycles. The number of nitrogens with two attached hydrogens (primary N) is 1. The normalized spacial score (nSPS) is 20.8. The summed E-state index contributed by atoms with van der Waals surface area (Å²) in [6.45, 7) is 1.66. The number of ether oxygens (including phenoxy) is 3. The van der Waals surface area contributed by atoms with E-state index in [4.69, 9.17) is 29.0 Å². The summed E-state index contributed by atoms with van der Waals surface area (Å²) in [4.78, 5) is 62.0. The Hall–Kier alpha value is -4.18. The molecule has 2 heterocycles. The van der Waals surface area contributed by atoms with Crippen molar-refractivity contribution < 1.29 is 81.6 Å². The third-order valence-corrected chi connectivity index (χ3v) is 13.9. The van der Waals surface area contributed by atoms with Crippen LogP contribution in [-0.2, 0) is 46.3 Å². The molecule has 0 saturated carbocycles. The van der Waals surface area contributed by atoms with E-state index in [9.17, 15) is 58.8 Å². The number of unbranched alkanes of at least 4 members (excludes halogenated alkanes) is 9. The minimum atomic E-state index is -5.51. The highest BCUT2D eigenvalue weighted by molar-refractivity contribution is 7.61. The predicted molar refractivity (Wildman–Crippen MR) is 283 cm³/mol. The van der Waals surface area contributed by atoms with Crippen LogP contribution in [0, 0.1) is 0 Å². The van der Waals surface area contributed by atoms with Gasteiger partial charge in [-0.15, -0.1) is 0 Å². The second-order valence-corrected chi connectivity index (χ2v) is 20.9. The number of aliphatic hydroxyl groups is 5. The Balaban J connectivity index is 1.90. The molecule has 0 radical (unpaired) electrons. The molecule has 1 aromatic rings. The third-order valence-electron chi connectivity index (χ3n) is 11.3. The fourth-order valence-electron chi connectivity index (χ4n) is 7.11. The second-order valence-electron chi connectivity index (χ2n) is 17.9. The monoisotopic (exact) mass is 1100 g/mol. The van der Waals surface area contributed by atoms with E-state index in [-0.39, 0.29) is 31.5 Å². The Morgan fingerprint density at radius 3 is 1.99 bits per heavy atom. The van der Waals surface area contributed by atoms with Crippen LogP contribution in [0.15, 0.2) is 102 Å². The van der Waals surface area contributed by atoms with Crippen molar-refractivity contribution in [2.75, 3.05) is 25.6 Å². The summed E-state index contributed by atoms with van der Waals surface area (Å²) in [7, 11) is -11.0. The summed E-state index contributed by atoms with van der Waals surface area (Å²) in [6, 6.07) is 1.22. The van der Waals surface area contributed by atoms with Gasteiger partial charge in [-0.3, -0.25) is 23.2 Å². The average molecular weight is 1100 g/mol. The van der Waals surface area contributed by atoms with Gasteiger partial charge < -0.3 is 55.3 Å². The highest BCUT2D eigenvalue weighted by atomic mass is 31.3. The number of aliphatic hydroxyl groups excluding tert-OH is 5. The molecule has 1 fully saturated rings. The maximum absolute atomic E-state index is 12.9. The van der Waals surface area contributed by atoms with Gasteiger partial charge in [-0.25, -0.2) is 13.9 Å². The largest absolute Gasteiger partial charge is 0.481 e. The van der Waals surface area contributed by atoms with Crippen molar-refractivity contribution in [1.82, 2.24) is 9.55 Å². The Bertz CT molecular complexity index is 2140. The Kier molecular flexibility index (Phi) is 35.0. The summed E-state index contributed by atoms with van der Waals surface area (Å²) in [5.74, 6) is -1.68. The van der Waals surface area contributed by atoms with Gasteiger partial charge in [0, 0.05) is 19.0 Å². The fourth-order valence-corrected chi connectivity index (χ4v) is 9.22. The molecule has 0 amide bonds. The van der Waals surface area contributed by atoms with E-state index >= 15 is 0 Å². The number of esters is 2. The lowest BCUT2D eigenvalue weighted by molar-refractivity contribution is -0.161. The minimum Gasteiger partial charge on any atom is -0.462 e. The molecular weight excluding hydrogens is 1020 g/mol. The van der Waals surface area contributed by atoms with E-state index in [2.05, 4.69) is 59.6 Å². The first-order valence-corrected chi connectivity index (χ1v) is 28.9. The summed E-state index contributed by atoms with van der Waals surface area (Å²) >= 11 is 0. The molecule has 0 aromatic carbocycles. The summed E-state index contributed by atoms with van der Waals surface area (Å²) in [5.41, 5.74) is 4.55. The zero-order valence-corrected chi connectivity index (χ0v) is 45.2. The van der Waals surface area contributed by atoms with Gasteiger partial charge >= 0.3 is 33.3 Å². The number of carbonyl (C=O) groups excluding carboxylic acids is 2. The molecule has 1 aliphatic heterocycles.